The molecule has 3 rings (SSSR count). The summed E-state index contributed by atoms with van der Waals surface area (Å²) in [6, 6.07) is 4.48. The van der Waals surface area contributed by atoms with Crippen molar-refractivity contribution < 1.29 is 5.21 Å². The van der Waals surface area contributed by atoms with Crippen LogP contribution in [0.15, 0.2) is 40.2 Å². The van der Waals surface area contributed by atoms with Crippen LogP contribution in [0.25, 0.3) is 16.3 Å². The van der Waals surface area contributed by atoms with E-state index in [1.54, 1.807) is 12.1 Å². The summed E-state index contributed by atoms with van der Waals surface area (Å²) in [4.78, 5) is 26.9. The van der Waals surface area contributed by atoms with Crippen molar-refractivity contribution >= 4 is 22.0 Å². The highest BCUT2D eigenvalue weighted by atomic mass is 16.5. The van der Waals surface area contributed by atoms with Gasteiger partial charge in [-0.05, 0) is 18.2 Å². The highest BCUT2D eigenvalue weighted by molar-refractivity contribution is 6.01. The minimum absolute atomic E-state index is 0.0492. The highest BCUT2D eigenvalue weighted by Crippen LogP contribution is 2.22. The first-order chi connectivity index (χ1) is 8.22. The van der Waals surface area contributed by atoms with Gasteiger partial charge in [-0.3, -0.25) is 19.9 Å². The second kappa shape index (κ2) is 3.26. The van der Waals surface area contributed by atoms with Gasteiger partial charge in [0.1, 0.15) is 5.69 Å². The van der Waals surface area contributed by atoms with Crippen molar-refractivity contribution in [3.8, 4) is 0 Å². The normalized spacial score (nSPS) is 11.1. The summed E-state index contributed by atoms with van der Waals surface area (Å²) in [5.41, 5.74) is 1.71. The zero-order valence-corrected chi connectivity index (χ0v) is 8.54. The molecule has 0 fully saturated rings. The first-order valence-electron chi connectivity index (χ1n) is 4.89. The van der Waals surface area contributed by atoms with Crippen molar-refractivity contribution in [3.05, 3.63) is 51.3 Å². The van der Waals surface area contributed by atoms with Gasteiger partial charge in [0.15, 0.2) is 0 Å². The van der Waals surface area contributed by atoms with Crippen LogP contribution in [0.5, 0.6) is 0 Å². The molecule has 0 aliphatic heterocycles. The molecule has 0 spiro atoms. The molecule has 2 heterocycles. The minimum Gasteiger partial charge on any atom is -0.291 e. The number of nitrogens with zero attached hydrogens (tertiary/aromatic N) is 2. The summed E-state index contributed by atoms with van der Waals surface area (Å²) in [5, 5.41) is 10.1. The molecule has 0 unspecified atom stereocenters. The fourth-order valence-corrected chi connectivity index (χ4v) is 1.95. The van der Waals surface area contributed by atoms with Crippen LogP contribution in [0, 0.1) is 0 Å². The van der Waals surface area contributed by atoms with Crippen LogP contribution in [0.2, 0.25) is 0 Å². The molecule has 0 aliphatic rings. The summed E-state index contributed by atoms with van der Waals surface area (Å²) in [6.07, 6.45) is 2.93. The van der Waals surface area contributed by atoms with E-state index in [9.17, 15) is 9.59 Å². The molecule has 0 radical (unpaired) electrons. The SMILES string of the molecule is O=c1ccc2cnc(=O)n3ccc(c1NO)c23. The number of rotatable bonds is 1. The number of nitrogens with one attached hydrogen (secondary N) is 1. The maximum atomic E-state index is 11.7. The third-order valence-electron chi connectivity index (χ3n) is 2.72. The summed E-state index contributed by atoms with van der Waals surface area (Å²) < 4.78 is 1.34. The Morgan fingerprint density at radius 2 is 2.06 bits per heavy atom. The van der Waals surface area contributed by atoms with Gasteiger partial charge in [0.2, 0.25) is 5.43 Å². The van der Waals surface area contributed by atoms with Crippen molar-refractivity contribution in [1.29, 1.82) is 0 Å². The van der Waals surface area contributed by atoms with E-state index >= 15 is 0 Å². The number of hydrogen-bond donors (Lipinski definition) is 2. The van der Waals surface area contributed by atoms with E-state index in [4.69, 9.17) is 5.21 Å². The van der Waals surface area contributed by atoms with Crippen molar-refractivity contribution in [2.45, 2.75) is 0 Å². The van der Waals surface area contributed by atoms with E-state index in [-0.39, 0.29) is 11.1 Å². The Balaban J connectivity index is 2.75. The maximum Gasteiger partial charge on any atom is 0.352 e. The standard InChI is InChI=1S/C11H7N3O3/c15-8-2-1-6-5-12-11(16)14-4-3-7(10(6)14)9(8)13-17/h1-5,17H,(H,13,15). The quantitative estimate of drug-likeness (QED) is 0.592. The van der Waals surface area contributed by atoms with Crippen molar-refractivity contribution in [2.75, 3.05) is 5.48 Å². The average Bonchev–Trinajstić information content (AvgIpc) is 2.70. The van der Waals surface area contributed by atoms with Crippen LogP contribution in [0.4, 0.5) is 5.69 Å². The number of hydrogen-bond acceptors (Lipinski definition) is 5. The zero-order valence-electron chi connectivity index (χ0n) is 8.54. The van der Waals surface area contributed by atoms with Gasteiger partial charge in [0.25, 0.3) is 0 Å². The lowest BCUT2D eigenvalue weighted by molar-refractivity contribution is 0.389. The Labute approximate surface area is 94.1 Å². The molecular weight excluding hydrogens is 222 g/mol. The topological polar surface area (TPSA) is 83.7 Å². The summed E-state index contributed by atoms with van der Waals surface area (Å²) in [7, 11) is 0. The van der Waals surface area contributed by atoms with Gasteiger partial charge in [-0.2, -0.15) is 0 Å². The summed E-state index contributed by atoms with van der Waals surface area (Å²) >= 11 is 0. The van der Waals surface area contributed by atoms with Crippen LogP contribution in [-0.2, 0) is 0 Å². The molecule has 6 heteroatoms. The summed E-state index contributed by atoms with van der Waals surface area (Å²) in [6.45, 7) is 0. The van der Waals surface area contributed by atoms with Crippen LogP contribution < -0.4 is 16.6 Å². The van der Waals surface area contributed by atoms with Gasteiger partial charge in [-0.15, -0.1) is 0 Å². The lowest BCUT2D eigenvalue weighted by atomic mass is 10.2. The Kier molecular flexibility index (Phi) is 1.87. The van der Waals surface area contributed by atoms with Crippen molar-refractivity contribution in [1.82, 2.24) is 9.38 Å². The number of aromatic nitrogens is 2. The minimum atomic E-state index is -0.421. The van der Waals surface area contributed by atoms with Crippen molar-refractivity contribution in [2.24, 2.45) is 0 Å². The maximum absolute atomic E-state index is 11.7. The van der Waals surface area contributed by atoms with E-state index < -0.39 is 5.69 Å². The van der Waals surface area contributed by atoms with E-state index in [0.717, 1.165) is 0 Å². The number of anilines is 1. The average molecular weight is 229 g/mol. The molecule has 2 N–H and O–H groups in total. The fraction of sp³-hybridized carbons (Fsp3) is 0. The Morgan fingerprint density at radius 1 is 1.24 bits per heavy atom. The smallest absolute Gasteiger partial charge is 0.291 e. The molecular formula is C11H7N3O3. The van der Waals surface area contributed by atoms with E-state index in [0.29, 0.717) is 16.3 Å². The lowest BCUT2D eigenvalue weighted by Gasteiger charge is -1.96. The second-order valence-corrected chi connectivity index (χ2v) is 3.63. The Hall–Kier alpha value is -2.47. The largest absolute Gasteiger partial charge is 0.352 e. The van der Waals surface area contributed by atoms with Crippen LogP contribution in [-0.4, -0.2) is 14.6 Å². The third-order valence-corrected chi connectivity index (χ3v) is 2.72. The third kappa shape index (κ3) is 1.21. The Bertz CT molecular complexity index is 825. The fourth-order valence-electron chi connectivity index (χ4n) is 1.95. The molecule has 0 amide bonds. The van der Waals surface area contributed by atoms with Gasteiger partial charge in [0, 0.05) is 23.2 Å². The molecule has 6 nitrogen and oxygen atoms in total. The van der Waals surface area contributed by atoms with Gasteiger partial charge in [0.05, 0.1) is 5.52 Å². The zero-order chi connectivity index (χ0) is 12.0. The lowest BCUT2D eigenvalue weighted by Crippen LogP contribution is -2.13. The van der Waals surface area contributed by atoms with Crippen LogP contribution in [0.1, 0.15) is 0 Å². The first-order valence-corrected chi connectivity index (χ1v) is 4.89. The van der Waals surface area contributed by atoms with Crippen molar-refractivity contribution in [3.63, 3.8) is 0 Å². The second-order valence-electron chi connectivity index (χ2n) is 3.63. The first kappa shape index (κ1) is 9.73. The van der Waals surface area contributed by atoms with Gasteiger partial charge >= 0.3 is 5.69 Å². The van der Waals surface area contributed by atoms with Crippen LogP contribution in [0.3, 0.4) is 0 Å². The molecule has 1 aromatic carbocycles. The molecule has 84 valence electrons. The molecule has 0 saturated heterocycles. The van der Waals surface area contributed by atoms with Crippen LogP contribution >= 0.6 is 0 Å². The van der Waals surface area contributed by atoms with E-state index in [2.05, 4.69) is 4.98 Å². The monoisotopic (exact) mass is 229 g/mol. The molecule has 17 heavy (non-hydrogen) atoms. The Morgan fingerprint density at radius 3 is 2.82 bits per heavy atom. The van der Waals surface area contributed by atoms with Gasteiger partial charge in [-0.25, -0.2) is 9.78 Å². The molecule has 0 bridgehead atoms. The van der Waals surface area contributed by atoms with Gasteiger partial charge in [-0.1, -0.05) is 0 Å². The van der Waals surface area contributed by atoms with Gasteiger partial charge < -0.3 is 0 Å². The predicted molar refractivity (Wildman–Crippen MR) is 61.8 cm³/mol. The summed E-state index contributed by atoms with van der Waals surface area (Å²) in [5.74, 6) is 0. The molecule has 0 atom stereocenters. The highest BCUT2D eigenvalue weighted by Gasteiger charge is 2.10. The molecule has 0 saturated carbocycles. The molecule has 0 aliphatic carbocycles. The van der Waals surface area contributed by atoms with E-state index in [1.807, 2.05) is 5.48 Å². The van der Waals surface area contributed by atoms with E-state index in [1.165, 1.54) is 22.9 Å². The molecule has 3 aromatic rings. The molecule has 2 aromatic heterocycles. The predicted octanol–water partition coefficient (Wildman–Crippen LogP) is 0.447.